The Kier molecular flexibility index (Phi) is 4.85. The van der Waals surface area contributed by atoms with Crippen molar-refractivity contribution >= 4 is 34.9 Å². The summed E-state index contributed by atoms with van der Waals surface area (Å²) in [5.74, 6) is 0.0131. The highest BCUT2D eigenvalue weighted by atomic mass is 35.5. The average Bonchev–Trinajstić information content (AvgIpc) is 2.70. The van der Waals surface area contributed by atoms with Gasteiger partial charge in [0.2, 0.25) is 12.4 Å². The van der Waals surface area contributed by atoms with Crippen molar-refractivity contribution < 1.29 is 9.18 Å². The van der Waals surface area contributed by atoms with Crippen molar-refractivity contribution in [2.75, 3.05) is 18.4 Å². The standard InChI is InChI=1S/C19H17ClFN5O/c20-15-10-23-19(24-14-3-6-26(11-27)7-4-14)25-17(15)13-8-12-2-1-5-22-18(12)16(21)9-13/h1-2,5,8-11,14H,3-4,6-7H2,(H,23,24,25). The number of pyridine rings is 1. The van der Waals surface area contributed by atoms with Crippen LogP contribution < -0.4 is 5.32 Å². The minimum atomic E-state index is -0.423. The number of halogens is 2. The molecule has 2 aromatic heterocycles. The maximum Gasteiger partial charge on any atom is 0.223 e. The van der Waals surface area contributed by atoms with Crippen LogP contribution in [0.2, 0.25) is 5.02 Å². The van der Waals surface area contributed by atoms with E-state index in [2.05, 4.69) is 20.3 Å². The Bertz CT molecular complexity index is 991. The molecule has 1 fully saturated rings. The number of carbonyl (C=O) groups is 1. The Morgan fingerprint density at radius 2 is 2.07 bits per heavy atom. The van der Waals surface area contributed by atoms with E-state index in [9.17, 15) is 9.18 Å². The number of nitrogens with one attached hydrogen (secondary N) is 1. The SMILES string of the molecule is O=CN1CCC(Nc2ncc(Cl)c(-c3cc(F)c4ncccc4c3)n2)CC1. The number of benzene rings is 1. The van der Waals surface area contributed by atoms with Crippen LogP contribution in [0.25, 0.3) is 22.2 Å². The summed E-state index contributed by atoms with van der Waals surface area (Å²) in [6.07, 6.45) is 5.57. The number of anilines is 1. The number of nitrogens with zero attached hydrogens (tertiary/aromatic N) is 4. The molecule has 27 heavy (non-hydrogen) atoms. The van der Waals surface area contributed by atoms with Crippen LogP contribution in [0, 0.1) is 5.82 Å². The van der Waals surface area contributed by atoms with Gasteiger partial charge in [-0.3, -0.25) is 9.78 Å². The zero-order valence-corrected chi connectivity index (χ0v) is 15.2. The van der Waals surface area contributed by atoms with E-state index in [4.69, 9.17) is 11.6 Å². The van der Waals surface area contributed by atoms with Gasteiger partial charge in [0.15, 0.2) is 0 Å². The topological polar surface area (TPSA) is 71.0 Å². The average molecular weight is 386 g/mol. The Hall–Kier alpha value is -2.80. The molecule has 138 valence electrons. The lowest BCUT2D eigenvalue weighted by Gasteiger charge is -2.29. The van der Waals surface area contributed by atoms with E-state index in [0.717, 1.165) is 19.3 Å². The third kappa shape index (κ3) is 3.68. The number of fused-ring (bicyclic) bond motifs is 1. The molecule has 3 heterocycles. The number of piperidine rings is 1. The zero-order valence-electron chi connectivity index (χ0n) is 14.4. The van der Waals surface area contributed by atoms with E-state index in [1.54, 1.807) is 23.2 Å². The van der Waals surface area contributed by atoms with Crippen molar-refractivity contribution in [2.24, 2.45) is 0 Å². The number of carbonyl (C=O) groups excluding carboxylic acids is 1. The Morgan fingerprint density at radius 1 is 1.26 bits per heavy atom. The Labute approximate surface area is 160 Å². The van der Waals surface area contributed by atoms with Gasteiger partial charge in [-0.15, -0.1) is 0 Å². The fourth-order valence-corrected chi connectivity index (χ4v) is 3.46. The molecule has 0 aliphatic carbocycles. The summed E-state index contributed by atoms with van der Waals surface area (Å²) in [5.41, 5.74) is 1.34. The first-order chi connectivity index (χ1) is 13.1. The molecule has 3 aromatic rings. The van der Waals surface area contributed by atoms with Gasteiger partial charge in [0.25, 0.3) is 0 Å². The highest BCUT2D eigenvalue weighted by Gasteiger charge is 2.19. The van der Waals surface area contributed by atoms with Crippen LogP contribution in [0.5, 0.6) is 0 Å². The predicted octanol–water partition coefficient (Wildman–Crippen LogP) is 3.52. The molecule has 6 nitrogen and oxygen atoms in total. The van der Waals surface area contributed by atoms with Crippen LogP contribution in [0.1, 0.15) is 12.8 Å². The molecule has 1 aliphatic rings. The fourth-order valence-electron chi connectivity index (χ4n) is 3.26. The lowest BCUT2D eigenvalue weighted by Crippen LogP contribution is -2.38. The highest BCUT2D eigenvalue weighted by molar-refractivity contribution is 6.33. The lowest BCUT2D eigenvalue weighted by molar-refractivity contribution is -0.118. The van der Waals surface area contributed by atoms with Crippen LogP contribution in [0.4, 0.5) is 10.3 Å². The summed E-state index contributed by atoms with van der Waals surface area (Å²) >= 11 is 6.28. The van der Waals surface area contributed by atoms with Crippen LogP contribution >= 0.6 is 11.6 Å². The fraction of sp³-hybridized carbons (Fsp3) is 0.263. The third-order valence-corrected chi connectivity index (χ3v) is 4.96. The molecule has 1 aromatic carbocycles. The van der Waals surface area contributed by atoms with Gasteiger partial charge in [-0.25, -0.2) is 14.4 Å². The van der Waals surface area contributed by atoms with Gasteiger partial charge >= 0.3 is 0 Å². The van der Waals surface area contributed by atoms with Crippen molar-refractivity contribution in [1.29, 1.82) is 0 Å². The van der Waals surface area contributed by atoms with Crippen molar-refractivity contribution in [3.05, 3.63) is 47.5 Å². The summed E-state index contributed by atoms with van der Waals surface area (Å²) in [6, 6.07) is 6.92. The van der Waals surface area contributed by atoms with E-state index in [1.165, 1.54) is 12.3 Å². The predicted molar refractivity (Wildman–Crippen MR) is 102 cm³/mol. The van der Waals surface area contributed by atoms with Gasteiger partial charge in [-0.05, 0) is 31.0 Å². The van der Waals surface area contributed by atoms with Crippen molar-refractivity contribution in [3.63, 3.8) is 0 Å². The van der Waals surface area contributed by atoms with Gasteiger partial charge in [-0.2, -0.15) is 0 Å². The molecule has 1 saturated heterocycles. The first-order valence-electron chi connectivity index (χ1n) is 8.67. The molecule has 1 N–H and O–H groups in total. The molecular weight excluding hydrogens is 369 g/mol. The minimum absolute atomic E-state index is 0.174. The second-order valence-corrected chi connectivity index (χ2v) is 6.89. The molecule has 0 radical (unpaired) electrons. The third-order valence-electron chi connectivity index (χ3n) is 4.69. The molecule has 4 rings (SSSR count). The summed E-state index contributed by atoms with van der Waals surface area (Å²) < 4.78 is 14.4. The van der Waals surface area contributed by atoms with Crippen molar-refractivity contribution in [2.45, 2.75) is 18.9 Å². The zero-order chi connectivity index (χ0) is 18.8. The van der Waals surface area contributed by atoms with Crippen molar-refractivity contribution in [3.8, 4) is 11.3 Å². The van der Waals surface area contributed by atoms with E-state index < -0.39 is 5.82 Å². The Morgan fingerprint density at radius 3 is 2.85 bits per heavy atom. The maximum atomic E-state index is 14.4. The number of hydrogen-bond donors (Lipinski definition) is 1. The quantitative estimate of drug-likeness (QED) is 0.696. The largest absolute Gasteiger partial charge is 0.351 e. The van der Waals surface area contributed by atoms with Gasteiger partial charge in [0.1, 0.15) is 11.3 Å². The summed E-state index contributed by atoms with van der Waals surface area (Å²) in [6.45, 7) is 1.40. The Balaban J connectivity index is 1.62. The van der Waals surface area contributed by atoms with Crippen LogP contribution in [-0.2, 0) is 4.79 Å². The van der Waals surface area contributed by atoms with Crippen LogP contribution in [0.15, 0.2) is 36.7 Å². The van der Waals surface area contributed by atoms with Gasteiger partial charge < -0.3 is 10.2 Å². The number of likely N-dealkylation sites (tertiary alicyclic amines) is 1. The molecular formula is C19H17ClFN5O. The van der Waals surface area contributed by atoms with E-state index >= 15 is 0 Å². The molecule has 1 amide bonds. The minimum Gasteiger partial charge on any atom is -0.351 e. The lowest BCUT2D eigenvalue weighted by atomic mass is 10.1. The number of aromatic nitrogens is 3. The first-order valence-corrected chi connectivity index (χ1v) is 9.05. The highest BCUT2D eigenvalue weighted by Crippen LogP contribution is 2.30. The van der Waals surface area contributed by atoms with Gasteiger partial charge in [0.05, 0.1) is 16.9 Å². The molecule has 0 atom stereocenters. The maximum absolute atomic E-state index is 14.4. The number of amides is 1. The number of hydrogen-bond acceptors (Lipinski definition) is 5. The second kappa shape index (κ2) is 7.44. The van der Waals surface area contributed by atoms with Crippen molar-refractivity contribution in [1.82, 2.24) is 19.9 Å². The van der Waals surface area contributed by atoms with E-state index in [0.29, 0.717) is 46.2 Å². The van der Waals surface area contributed by atoms with Crippen LogP contribution in [0.3, 0.4) is 0 Å². The van der Waals surface area contributed by atoms with E-state index in [1.807, 2.05) is 6.07 Å². The second-order valence-electron chi connectivity index (χ2n) is 6.48. The van der Waals surface area contributed by atoms with Crippen LogP contribution in [-0.4, -0.2) is 45.4 Å². The molecule has 0 bridgehead atoms. The smallest absolute Gasteiger partial charge is 0.223 e. The van der Waals surface area contributed by atoms with E-state index in [-0.39, 0.29) is 6.04 Å². The normalized spacial score (nSPS) is 15.1. The first kappa shape index (κ1) is 17.6. The monoisotopic (exact) mass is 385 g/mol. The molecule has 0 spiro atoms. The van der Waals surface area contributed by atoms with Gasteiger partial charge in [-0.1, -0.05) is 17.7 Å². The molecule has 0 saturated carbocycles. The molecule has 8 heteroatoms. The number of rotatable bonds is 4. The molecule has 0 unspecified atom stereocenters. The molecule has 1 aliphatic heterocycles. The summed E-state index contributed by atoms with van der Waals surface area (Å²) in [4.78, 5) is 25.4. The summed E-state index contributed by atoms with van der Waals surface area (Å²) in [5, 5.41) is 4.31. The van der Waals surface area contributed by atoms with Gasteiger partial charge in [0, 0.05) is 36.3 Å². The summed E-state index contributed by atoms with van der Waals surface area (Å²) in [7, 11) is 0.